The lowest BCUT2D eigenvalue weighted by Crippen LogP contribution is -2.30. The highest BCUT2D eigenvalue weighted by atomic mass is 19.1. The molecule has 2 aromatic heterocycles. The zero-order valence-electron chi connectivity index (χ0n) is 18.1. The highest BCUT2D eigenvalue weighted by molar-refractivity contribution is 6.17. The van der Waals surface area contributed by atoms with Gasteiger partial charge in [0.2, 0.25) is 0 Å². The highest BCUT2D eigenvalue weighted by Gasteiger charge is 2.24. The molecule has 1 fully saturated rings. The summed E-state index contributed by atoms with van der Waals surface area (Å²) in [4.78, 5) is 27.0. The predicted octanol–water partition coefficient (Wildman–Crippen LogP) is 5.07. The van der Waals surface area contributed by atoms with Crippen molar-refractivity contribution in [2.75, 3.05) is 0 Å². The van der Waals surface area contributed by atoms with E-state index in [1.807, 2.05) is 35.9 Å². The smallest absolute Gasteiger partial charge is 0.275 e. The van der Waals surface area contributed by atoms with Crippen molar-refractivity contribution in [3.8, 4) is 0 Å². The van der Waals surface area contributed by atoms with Crippen LogP contribution in [0.15, 0.2) is 59.5 Å². The largest absolute Gasteiger partial charge is 0.348 e. The highest BCUT2D eigenvalue weighted by Crippen LogP contribution is 2.32. The molecule has 0 saturated heterocycles. The molecule has 5 rings (SSSR count). The number of nitrogens with zero attached hydrogens (tertiary/aromatic N) is 2. The molecule has 1 aliphatic carbocycles. The maximum absolute atomic E-state index is 13.6. The molecular formula is C26H26FN3O2. The van der Waals surface area contributed by atoms with Gasteiger partial charge in [0.1, 0.15) is 11.3 Å². The van der Waals surface area contributed by atoms with Crippen molar-refractivity contribution in [2.24, 2.45) is 7.05 Å². The Hall–Kier alpha value is -3.41. The number of rotatable bonds is 4. The fraction of sp³-hybridized carbons (Fsp3) is 0.308. The first-order chi connectivity index (χ1) is 15.5. The number of halogens is 1. The summed E-state index contributed by atoms with van der Waals surface area (Å²) in [6.45, 7) is 0.286. The van der Waals surface area contributed by atoms with Crippen molar-refractivity contribution in [3.63, 3.8) is 0 Å². The Labute approximate surface area is 185 Å². The molecule has 0 bridgehead atoms. The van der Waals surface area contributed by atoms with Crippen LogP contribution < -0.4 is 10.9 Å². The van der Waals surface area contributed by atoms with E-state index in [9.17, 15) is 14.0 Å². The second kappa shape index (κ2) is 8.26. The molecule has 0 spiro atoms. The Morgan fingerprint density at radius 3 is 2.53 bits per heavy atom. The van der Waals surface area contributed by atoms with E-state index in [0.717, 1.165) is 42.1 Å². The molecule has 32 heavy (non-hydrogen) atoms. The van der Waals surface area contributed by atoms with Crippen LogP contribution in [0.5, 0.6) is 0 Å². The summed E-state index contributed by atoms with van der Waals surface area (Å²) in [7, 11) is 1.89. The number of hydrogen-bond donors (Lipinski definition) is 1. The molecular weight excluding hydrogens is 405 g/mol. The van der Waals surface area contributed by atoms with Gasteiger partial charge in [-0.2, -0.15) is 0 Å². The number of carbonyl (C=O) groups excluding carboxylic acids is 1. The Morgan fingerprint density at radius 2 is 1.78 bits per heavy atom. The molecule has 4 aromatic rings. The monoisotopic (exact) mass is 431 g/mol. The topological polar surface area (TPSA) is 56.0 Å². The van der Waals surface area contributed by atoms with E-state index in [4.69, 9.17) is 0 Å². The van der Waals surface area contributed by atoms with Crippen molar-refractivity contribution in [3.05, 3.63) is 82.0 Å². The molecule has 6 heteroatoms. The predicted molar refractivity (Wildman–Crippen MR) is 124 cm³/mol. The minimum atomic E-state index is -0.308. The molecule has 1 aliphatic rings. The summed E-state index contributed by atoms with van der Waals surface area (Å²) in [5, 5.41) is 4.55. The molecule has 2 heterocycles. The normalized spacial score (nSPS) is 14.8. The number of pyridine rings is 1. The van der Waals surface area contributed by atoms with Gasteiger partial charge in [-0.15, -0.1) is 0 Å². The van der Waals surface area contributed by atoms with Crippen molar-refractivity contribution in [1.82, 2.24) is 14.5 Å². The number of carbonyl (C=O) groups is 1. The van der Waals surface area contributed by atoms with E-state index in [-0.39, 0.29) is 29.9 Å². The zero-order valence-corrected chi connectivity index (χ0v) is 18.1. The van der Waals surface area contributed by atoms with Crippen LogP contribution in [0.3, 0.4) is 0 Å². The maximum Gasteiger partial charge on any atom is 0.275 e. The van der Waals surface area contributed by atoms with Gasteiger partial charge in [-0.25, -0.2) is 4.39 Å². The minimum absolute atomic E-state index is 0.0410. The first-order valence-corrected chi connectivity index (χ1v) is 11.2. The van der Waals surface area contributed by atoms with E-state index >= 15 is 0 Å². The molecule has 1 saturated carbocycles. The first kappa shape index (κ1) is 20.5. The van der Waals surface area contributed by atoms with E-state index in [2.05, 4.69) is 5.32 Å². The third kappa shape index (κ3) is 3.49. The summed E-state index contributed by atoms with van der Waals surface area (Å²) < 4.78 is 16.9. The van der Waals surface area contributed by atoms with E-state index in [1.54, 1.807) is 22.9 Å². The summed E-state index contributed by atoms with van der Waals surface area (Å²) >= 11 is 0. The van der Waals surface area contributed by atoms with Crippen molar-refractivity contribution >= 4 is 27.7 Å². The standard InChI is InChI=1S/C26H26FN3O2/c1-29-22-10-6-5-9-20(22)23-21(25(31)28-15-17-11-13-18(27)14-12-17)16-30(26(32)24(23)29)19-7-3-2-4-8-19/h5-6,9-14,16,19H,2-4,7-8,15H2,1H3,(H,28,31). The van der Waals surface area contributed by atoms with Gasteiger partial charge in [-0.1, -0.05) is 49.6 Å². The second-order valence-electron chi connectivity index (χ2n) is 8.66. The third-order valence-electron chi connectivity index (χ3n) is 6.66. The lowest BCUT2D eigenvalue weighted by molar-refractivity contribution is 0.0951. The van der Waals surface area contributed by atoms with Gasteiger partial charge >= 0.3 is 0 Å². The fourth-order valence-corrected chi connectivity index (χ4v) is 4.98. The van der Waals surface area contributed by atoms with Crippen LogP contribution in [-0.4, -0.2) is 15.0 Å². The third-order valence-corrected chi connectivity index (χ3v) is 6.66. The van der Waals surface area contributed by atoms with Crippen LogP contribution in [0.2, 0.25) is 0 Å². The van der Waals surface area contributed by atoms with Crippen LogP contribution in [0.4, 0.5) is 4.39 Å². The molecule has 0 unspecified atom stereocenters. The minimum Gasteiger partial charge on any atom is -0.348 e. The van der Waals surface area contributed by atoms with E-state index < -0.39 is 0 Å². The Morgan fingerprint density at radius 1 is 1.06 bits per heavy atom. The molecule has 0 atom stereocenters. The number of benzene rings is 2. The molecule has 0 radical (unpaired) electrons. The lowest BCUT2D eigenvalue weighted by Gasteiger charge is -2.25. The van der Waals surface area contributed by atoms with Crippen molar-refractivity contribution in [2.45, 2.75) is 44.7 Å². The fourth-order valence-electron chi connectivity index (χ4n) is 4.98. The summed E-state index contributed by atoms with van der Waals surface area (Å²) in [5.41, 5.74) is 2.76. The van der Waals surface area contributed by atoms with Gasteiger partial charge in [0.15, 0.2) is 0 Å². The number of amides is 1. The van der Waals surface area contributed by atoms with Crippen LogP contribution in [-0.2, 0) is 13.6 Å². The number of para-hydroxylation sites is 1. The Bertz CT molecular complexity index is 1360. The molecule has 1 N–H and O–H groups in total. The van der Waals surface area contributed by atoms with Crippen LogP contribution in [0.1, 0.15) is 54.1 Å². The molecule has 0 aliphatic heterocycles. The van der Waals surface area contributed by atoms with Gasteiger partial charge < -0.3 is 14.5 Å². The van der Waals surface area contributed by atoms with Crippen LogP contribution >= 0.6 is 0 Å². The summed E-state index contributed by atoms with van der Waals surface area (Å²) in [6, 6.07) is 14.0. The van der Waals surface area contributed by atoms with Gasteiger partial charge in [0.05, 0.1) is 5.56 Å². The molecule has 164 valence electrons. The number of fused-ring (bicyclic) bond motifs is 3. The van der Waals surface area contributed by atoms with E-state index in [1.165, 1.54) is 18.6 Å². The second-order valence-corrected chi connectivity index (χ2v) is 8.66. The van der Waals surface area contributed by atoms with Crippen molar-refractivity contribution in [1.29, 1.82) is 0 Å². The van der Waals surface area contributed by atoms with Gasteiger partial charge in [-0.05, 0) is 36.6 Å². The Balaban J connectivity index is 1.64. The van der Waals surface area contributed by atoms with Crippen molar-refractivity contribution < 1.29 is 9.18 Å². The van der Waals surface area contributed by atoms with Gasteiger partial charge in [0.25, 0.3) is 11.5 Å². The first-order valence-electron chi connectivity index (χ1n) is 11.2. The molecule has 1 amide bonds. The summed E-state index contributed by atoms with van der Waals surface area (Å²) in [6.07, 6.45) is 7.03. The number of aromatic nitrogens is 2. The van der Waals surface area contributed by atoms with Crippen LogP contribution in [0.25, 0.3) is 21.8 Å². The Kier molecular flexibility index (Phi) is 5.29. The van der Waals surface area contributed by atoms with Gasteiger partial charge in [0, 0.05) is 42.1 Å². The average Bonchev–Trinajstić information content (AvgIpc) is 3.13. The quantitative estimate of drug-likeness (QED) is 0.491. The average molecular weight is 432 g/mol. The number of aryl methyl sites for hydroxylation is 1. The van der Waals surface area contributed by atoms with E-state index in [0.29, 0.717) is 16.5 Å². The SMILES string of the molecule is Cn1c2ccccc2c2c(C(=O)NCc3ccc(F)cc3)cn(C3CCCCC3)c(=O)c21. The lowest BCUT2D eigenvalue weighted by atomic mass is 9.95. The number of nitrogens with one attached hydrogen (secondary N) is 1. The maximum atomic E-state index is 13.6. The molecule has 2 aromatic carbocycles. The molecule has 5 nitrogen and oxygen atoms in total. The summed E-state index contributed by atoms with van der Waals surface area (Å²) in [5.74, 6) is -0.544. The number of hydrogen-bond acceptors (Lipinski definition) is 2. The van der Waals surface area contributed by atoms with Gasteiger partial charge in [-0.3, -0.25) is 9.59 Å². The zero-order chi connectivity index (χ0) is 22.2. The van der Waals surface area contributed by atoms with Crippen LogP contribution in [0, 0.1) is 5.82 Å².